The van der Waals surface area contributed by atoms with Crippen molar-refractivity contribution in [2.75, 3.05) is 19.8 Å². The highest BCUT2D eigenvalue weighted by molar-refractivity contribution is 5.74. The molecule has 29 heavy (non-hydrogen) atoms. The van der Waals surface area contributed by atoms with Crippen molar-refractivity contribution in [2.24, 2.45) is 5.73 Å². The van der Waals surface area contributed by atoms with Crippen LogP contribution in [0.3, 0.4) is 0 Å². The number of hydrogen-bond donors (Lipinski definition) is 5. The molecule has 0 aliphatic heterocycles. The molecule has 0 aliphatic rings. The second kappa shape index (κ2) is 13.5. The van der Waals surface area contributed by atoms with Gasteiger partial charge in [0.15, 0.2) is 0 Å². The SMILES string of the molecule is CC(C)(C)OC(=O)NC(CF)CNC(Cc1ccccc1)C(=O)O.NCC(=O)O. The average Bonchev–Trinajstić information content (AvgIpc) is 2.63. The Morgan fingerprint density at radius 1 is 1.17 bits per heavy atom. The summed E-state index contributed by atoms with van der Waals surface area (Å²) in [5.74, 6) is -2.00. The van der Waals surface area contributed by atoms with Crippen molar-refractivity contribution >= 4 is 18.0 Å². The maximum Gasteiger partial charge on any atom is 0.408 e. The molecule has 0 aliphatic carbocycles. The number of aliphatic carboxylic acids is 2. The fraction of sp³-hybridized carbons (Fsp3) is 0.526. The number of benzene rings is 1. The number of carboxylic acid groups (broad SMARTS) is 2. The molecule has 1 aromatic rings. The second-order valence-electron chi connectivity index (χ2n) is 7.08. The van der Waals surface area contributed by atoms with Crippen molar-refractivity contribution in [1.29, 1.82) is 0 Å². The number of nitrogens with two attached hydrogens (primary N) is 1. The Bertz CT molecular complexity index is 637. The van der Waals surface area contributed by atoms with Crippen LogP contribution in [0, 0.1) is 0 Å². The molecule has 0 spiro atoms. The van der Waals surface area contributed by atoms with Gasteiger partial charge in [-0.25, -0.2) is 9.18 Å². The molecular weight excluding hydrogens is 385 g/mol. The topological polar surface area (TPSA) is 151 Å². The van der Waals surface area contributed by atoms with E-state index in [0.29, 0.717) is 0 Å². The van der Waals surface area contributed by atoms with Crippen LogP contribution in [0.5, 0.6) is 0 Å². The van der Waals surface area contributed by atoms with E-state index in [1.165, 1.54) is 0 Å². The summed E-state index contributed by atoms with van der Waals surface area (Å²) in [5, 5.41) is 22.1. The first kappa shape index (κ1) is 26.3. The van der Waals surface area contributed by atoms with E-state index in [1.54, 1.807) is 20.8 Å². The molecule has 0 aromatic heterocycles. The second-order valence-corrected chi connectivity index (χ2v) is 7.08. The first-order valence-corrected chi connectivity index (χ1v) is 8.96. The van der Waals surface area contributed by atoms with Gasteiger partial charge in [0, 0.05) is 6.54 Å². The molecule has 10 heteroatoms. The molecule has 2 unspecified atom stereocenters. The number of carboxylic acids is 2. The van der Waals surface area contributed by atoms with E-state index < -0.39 is 42.4 Å². The summed E-state index contributed by atoms with van der Waals surface area (Å²) < 4.78 is 18.1. The van der Waals surface area contributed by atoms with Gasteiger partial charge in [0.25, 0.3) is 0 Å². The number of hydrogen-bond acceptors (Lipinski definition) is 6. The van der Waals surface area contributed by atoms with Crippen LogP contribution in [0.4, 0.5) is 9.18 Å². The molecule has 2 atom stereocenters. The van der Waals surface area contributed by atoms with Crippen LogP contribution >= 0.6 is 0 Å². The Labute approximate surface area is 169 Å². The van der Waals surface area contributed by atoms with Crippen LogP contribution in [0.25, 0.3) is 0 Å². The van der Waals surface area contributed by atoms with Gasteiger partial charge >= 0.3 is 18.0 Å². The number of carbonyl (C=O) groups is 3. The van der Waals surface area contributed by atoms with Crippen molar-refractivity contribution in [1.82, 2.24) is 10.6 Å². The van der Waals surface area contributed by atoms with E-state index in [1.807, 2.05) is 30.3 Å². The summed E-state index contributed by atoms with van der Waals surface area (Å²) in [6.07, 6.45) is -0.469. The van der Waals surface area contributed by atoms with E-state index >= 15 is 0 Å². The van der Waals surface area contributed by atoms with E-state index in [4.69, 9.17) is 9.84 Å². The maximum atomic E-state index is 13.1. The van der Waals surface area contributed by atoms with Crippen molar-refractivity contribution in [2.45, 2.75) is 44.9 Å². The standard InChI is InChI=1S/C17H25FN2O4.C2H5NO2/c1-17(2,3)24-16(23)20-13(10-18)11-19-14(15(21)22)9-12-7-5-4-6-8-12;3-1-2(4)5/h4-8,13-14,19H,9-11H2,1-3H3,(H,20,23)(H,21,22);1,3H2,(H,4,5). The van der Waals surface area contributed by atoms with E-state index in [2.05, 4.69) is 16.4 Å². The maximum absolute atomic E-state index is 13.1. The van der Waals surface area contributed by atoms with Crippen molar-refractivity contribution in [3.63, 3.8) is 0 Å². The lowest BCUT2D eigenvalue weighted by Crippen LogP contribution is -2.49. The molecule has 0 saturated heterocycles. The van der Waals surface area contributed by atoms with Gasteiger partial charge in [0.2, 0.25) is 0 Å². The van der Waals surface area contributed by atoms with Crippen molar-refractivity contribution in [3.8, 4) is 0 Å². The summed E-state index contributed by atoms with van der Waals surface area (Å²) in [7, 11) is 0. The van der Waals surface area contributed by atoms with Crippen LogP contribution in [0.1, 0.15) is 26.3 Å². The minimum absolute atomic E-state index is 0.0143. The highest BCUT2D eigenvalue weighted by Crippen LogP contribution is 2.07. The summed E-state index contributed by atoms with van der Waals surface area (Å²) in [4.78, 5) is 32.2. The van der Waals surface area contributed by atoms with E-state index in [0.717, 1.165) is 5.56 Å². The lowest BCUT2D eigenvalue weighted by atomic mass is 10.1. The number of nitrogens with one attached hydrogen (secondary N) is 2. The quantitative estimate of drug-likeness (QED) is 0.403. The van der Waals surface area contributed by atoms with Gasteiger partial charge in [-0.15, -0.1) is 0 Å². The molecule has 164 valence electrons. The molecule has 1 aromatic carbocycles. The predicted octanol–water partition coefficient (Wildman–Crippen LogP) is 1.16. The van der Waals surface area contributed by atoms with Gasteiger partial charge in [-0.2, -0.15) is 0 Å². The third-order valence-corrected chi connectivity index (χ3v) is 3.27. The van der Waals surface area contributed by atoms with E-state index in [-0.39, 0.29) is 19.5 Å². The normalized spacial score (nSPS) is 12.7. The van der Waals surface area contributed by atoms with Gasteiger partial charge in [0.1, 0.15) is 18.3 Å². The number of halogens is 1. The molecule has 1 rings (SSSR count). The average molecular weight is 415 g/mol. The van der Waals surface area contributed by atoms with Crippen LogP contribution in [-0.4, -0.2) is 65.7 Å². The minimum atomic E-state index is -1.03. The lowest BCUT2D eigenvalue weighted by Gasteiger charge is -2.23. The van der Waals surface area contributed by atoms with Gasteiger partial charge in [-0.05, 0) is 32.8 Å². The summed E-state index contributed by atoms with van der Waals surface area (Å²) >= 11 is 0. The van der Waals surface area contributed by atoms with Crippen LogP contribution in [-0.2, 0) is 20.7 Å². The fourth-order valence-corrected chi connectivity index (χ4v) is 2.00. The molecule has 0 saturated carbocycles. The zero-order valence-electron chi connectivity index (χ0n) is 16.9. The zero-order valence-corrected chi connectivity index (χ0v) is 16.9. The zero-order chi connectivity index (χ0) is 22.4. The number of amides is 1. The Morgan fingerprint density at radius 3 is 2.14 bits per heavy atom. The molecule has 0 radical (unpaired) electrons. The molecule has 9 nitrogen and oxygen atoms in total. The van der Waals surface area contributed by atoms with Gasteiger partial charge in [-0.1, -0.05) is 30.3 Å². The monoisotopic (exact) mass is 415 g/mol. The van der Waals surface area contributed by atoms with Gasteiger partial charge in [-0.3, -0.25) is 9.59 Å². The smallest absolute Gasteiger partial charge is 0.408 e. The number of ether oxygens (including phenoxy) is 1. The summed E-state index contributed by atoms with van der Waals surface area (Å²) in [6, 6.07) is 7.40. The molecule has 0 bridgehead atoms. The first-order valence-electron chi connectivity index (χ1n) is 8.96. The van der Waals surface area contributed by atoms with Crippen LogP contribution < -0.4 is 16.4 Å². The molecule has 6 N–H and O–H groups in total. The first-order chi connectivity index (χ1) is 13.5. The number of alkyl halides is 1. The largest absolute Gasteiger partial charge is 0.480 e. The highest BCUT2D eigenvalue weighted by atomic mass is 19.1. The lowest BCUT2D eigenvalue weighted by molar-refractivity contribution is -0.139. The van der Waals surface area contributed by atoms with Crippen LogP contribution in [0.2, 0.25) is 0 Å². The van der Waals surface area contributed by atoms with Crippen molar-refractivity contribution < 1.29 is 33.7 Å². The summed E-state index contributed by atoms with van der Waals surface area (Å²) in [6.45, 7) is 3.99. The third kappa shape index (κ3) is 14.0. The molecular formula is C19H30FN3O6. The third-order valence-electron chi connectivity index (χ3n) is 3.27. The Kier molecular flexibility index (Phi) is 12.2. The Balaban J connectivity index is 0.00000139. The number of carbonyl (C=O) groups excluding carboxylic acids is 1. The van der Waals surface area contributed by atoms with E-state index in [9.17, 15) is 23.9 Å². The Hall–Kier alpha value is -2.72. The van der Waals surface area contributed by atoms with Gasteiger partial charge < -0.3 is 31.3 Å². The number of rotatable bonds is 9. The van der Waals surface area contributed by atoms with Gasteiger partial charge in [0.05, 0.1) is 12.6 Å². The molecule has 0 fully saturated rings. The minimum Gasteiger partial charge on any atom is -0.480 e. The molecule has 0 heterocycles. The summed E-state index contributed by atoms with van der Waals surface area (Å²) in [5.41, 5.74) is 4.74. The number of alkyl carbamates (subject to hydrolysis) is 1. The Morgan fingerprint density at radius 2 is 1.72 bits per heavy atom. The highest BCUT2D eigenvalue weighted by Gasteiger charge is 2.22. The van der Waals surface area contributed by atoms with Crippen molar-refractivity contribution in [3.05, 3.63) is 35.9 Å². The van der Waals surface area contributed by atoms with Crippen LogP contribution in [0.15, 0.2) is 30.3 Å². The predicted molar refractivity (Wildman–Crippen MR) is 105 cm³/mol. The molecule has 1 amide bonds. The fourth-order valence-electron chi connectivity index (χ4n) is 2.00.